The number of nitrogens with zero attached hydrogens (tertiary/aromatic N) is 4. The molecule has 0 aliphatic heterocycles. The molecule has 9 nitrogen and oxygen atoms in total. The molecule has 0 aliphatic rings. The molecule has 2 aromatic heterocycles. The largest absolute Gasteiger partial charge is 0.466 e. The van der Waals surface area contributed by atoms with Gasteiger partial charge in [0.15, 0.2) is 0 Å². The van der Waals surface area contributed by atoms with Gasteiger partial charge in [-0.1, -0.05) is 42.0 Å². The Morgan fingerprint density at radius 1 is 1.00 bits per heavy atom. The molecule has 9 heteroatoms. The zero-order valence-corrected chi connectivity index (χ0v) is 22.7. The molecule has 0 bridgehead atoms. The van der Waals surface area contributed by atoms with Crippen LogP contribution in [0.4, 0.5) is 0 Å². The maximum atomic E-state index is 11.8. The van der Waals surface area contributed by atoms with Gasteiger partial charge >= 0.3 is 5.97 Å². The summed E-state index contributed by atoms with van der Waals surface area (Å²) < 4.78 is 8.35. The van der Waals surface area contributed by atoms with Crippen molar-refractivity contribution in [1.82, 2.24) is 24.6 Å². The van der Waals surface area contributed by atoms with Crippen LogP contribution in [-0.2, 0) is 29.0 Å². The molecule has 0 aliphatic carbocycles. The first kappa shape index (κ1) is 29.0. The first-order chi connectivity index (χ1) is 18.8. The van der Waals surface area contributed by atoms with Gasteiger partial charge in [-0.25, -0.2) is 9.67 Å². The van der Waals surface area contributed by atoms with E-state index in [0.717, 1.165) is 35.3 Å². The minimum absolute atomic E-state index is 0.0133. The monoisotopic (exact) mass is 529 g/mol. The molecule has 0 saturated carbocycles. The molecule has 4 aromatic rings. The van der Waals surface area contributed by atoms with Gasteiger partial charge in [-0.3, -0.25) is 14.4 Å². The van der Waals surface area contributed by atoms with E-state index in [9.17, 15) is 14.4 Å². The second kappa shape index (κ2) is 15.0. The fraction of sp³-hybridized carbons (Fsp3) is 0.300. The lowest BCUT2D eigenvalue weighted by atomic mass is 10.1. The highest BCUT2D eigenvalue weighted by molar-refractivity contribution is 5.94. The number of aryl methyl sites for hydroxylation is 3. The van der Waals surface area contributed by atoms with Crippen LogP contribution in [0.25, 0.3) is 0 Å². The van der Waals surface area contributed by atoms with Crippen molar-refractivity contribution in [1.29, 1.82) is 0 Å². The van der Waals surface area contributed by atoms with Crippen LogP contribution in [0.2, 0.25) is 0 Å². The molecule has 1 N–H and O–H groups in total. The van der Waals surface area contributed by atoms with E-state index in [0.29, 0.717) is 25.3 Å². The van der Waals surface area contributed by atoms with Crippen LogP contribution in [0.3, 0.4) is 0 Å². The van der Waals surface area contributed by atoms with E-state index in [1.165, 1.54) is 10.7 Å². The van der Waals surface area contributed by atoms with Crippen molar-refractivity contribution in [2.24, 2.45) is 0 Å². The van der Waals surface area contributed by atoms with Crippen LogP contribution >= 0.6 is 0 Å². The normalized spacial score (nSPS) is 10.3. The quantitative estimate of drug-likeness (QED) is 0.248. The summed E-state index contributed by atoms with van der Waals surface area (Å²) in [5, 5.41) is 7.11. The molecule has 0 radical (unpaired) electrons. The van der Waals surface area contributed by atoms with Crippen molar-refractivity contribution in [2.75, 3.05) is 13.2 Å². The summed E-state index contributed by atoms with van der Waals surface area (Å²) in [5.74, 6) is -0.263. The lowest BCUT2D eigenvalue weighted by Gasteiger charge is -2.07. The van der Waals surface area contributed by atoms with E-state index >= 15 is 0 Å². The zero-order chi connectivity index (χ0) is 28.0. The number of esters is 1. The number of carbonyl (C=O) groups excluding carboxylic acids is 2. The van der Waals surface area contributed by atoms with Crippen molar-refractivity contribution < 1.29 is 14.3 Å². The number of nitrogens with one attached hydrogen (secondary N) is 1. The molecular formula is C30H35N5O4. The Hall–Kier alpha value is -4.53. The average molecular weight is 530 g/mol. The first-order valence-electron chi connectivity index (χ1n) is 12.9. The van der Waals surface area contributed by atoms with E-state index in [-0.39, 0.29) is 23.9 Å². The summed E-state index contributed by atoms with van der Waals surface area (Å²) in [4.78, 5) is 39.0. The Bertz CT molecular complexity index is 1400. The minimum atomic E-state index is -0.250. The van der Waals surface area contributed by atoms with Crippen molar-refractivity contribution in [3.63, 3.8) is 0 Å². The summed E-state index contributed by atoms with van der Waals surface area (Å²) in [6.45, 7) is 7.93. The molecule has 2 aromatic carbocycles. The van der Waals surface area contributed by atoms with E-state index in [1.807, 2.05) is 73.1 Å². The number of benzene rings is 2. The fourth-order valence-electron chi connectivity index (χ4n) is 3.74. The predicted octanol–water partition coefficient (Wildman–Crippen LogP) is 3.72. The molecule has 0 atom stereocenters. The van der Waals surface area contributed by atoms with E-state index in [4.69, 9.17) is 4.74 Å². The van der Waals surface area contributed by atoms with Gasteiger partial charge < -0.3 is 14.6 Å². The number of rotatable bonds is 10. The van der Waals surface area contributed by atoms with Gasteiger partial charge in [-0.2, -0.15) is 5.10 Å². The molecule has 4 rings (SSSR count). The predicted molar refractivity (Wildman–Crippen MR) is 149 cm³/mol. The van der Waals surface area contributed by atoms with Crippen LogP contribution in [-0.4, -0.2) is 44.4 Å². The summed E-state index contributed by atoms with van der Waals surface area (Å²) in [7, 11) is 0. The Kier molecular flexibility index (Phi) is 11.2. The van der Waals surface area contributed by atoms with E-state index in [1.54, 1.807) is 25.5 Å². The maximum absolute atomic E-state index is 11.8. The molecule has 204 valence electrons. The van der Waals surface area contributed by atoms with Crippen molar-refractivity contribution >= 4 is 11.9 Å². The van der Waals surface area contributed by atoms with Crippen LogP contribution in [0, 0.1) is 13.8 Å². The number of ether oxygens (including phenoxy) is 1. The molecule has 0 spiro atoms. The van der Waals surface area contributed by atoms with E-state index in [2.05, 4.69) is 15.4 Å². The number of imidazole rings is 1. The Labute approximate surface area is 228 Å². The average Bonchev–Trinajstić information content (AvgIpc) is 3.43. The molecule has 2 heterocycles. The van der Waals surface area contributed by atoms with Crippen molar-refractivity contribution in [2.45, 2.75) is 46.7 Å². The summed E-state index contributed by atoms with van der Waals surface area (Å²) >= 11 is 0. The Morgan fingerprint density at radius 3 is 2.49 bits per heavy atom. The fourth-order valence-corrected chi connectivity index (χ4v) is 3.74. The third-order valence-electron chi connectivity index (χ3n) is 5.73. The van der Waals surface area contributed by atoms with Gasteiger partial charge in [0.25, 0.3) is 11.5 Å². The van der Waals surface area contributed by atoms with Crippen LogP contribution in [0.15, 0.2) is 84.2 Å². The highest BCUT2D eigenvalue weighted by Gasteiger charge is 2.06. The van der Waals surface area contributed by atoms with Crippen molar-refractivity contribution in [3.8, 4) is 0 Å². The Morgan fingerprint density at radius 2 is 1.77 bits per heavy atom. The van der Waals surface area contributed by atoms with Gasteiger partial charge in [0.1, 0.15) is 0 Å². The smallest absolute Gasteiger partial charge is 0.310 e. The van der Waals surface area contributed by atoms with E-state index < -0.39 is 0 Å². The number of hydrogen-bond donors (Lipinski definition) is 1. The lowest BCUT2D eigenvalue weighted by Crippen LogP contribution is -2.25. The highest BCUT2D eigenvalue weighted by atomic mass is 16.5. The third-order valence-corrected chi connectivity index (χ3v) is 5.73. The standard InChI is InChI=1S/C16H18N2O3.C14H17N3O/c1-3-21-16(20)10-13-5-4-6-14(9-13)11-18-15(19)8-7-12(2)17-18;1-12-3-5-13(6-4-12)14(18)16-7-2-9-17-10-8-15-11-17/h4-9H,3,10-11H2,1-2H3;3-6,8,10-11H,2,7,9H2,1H3,(H,16,18). The lowest BCUT2D eigenvalue weighted by molar-refractivity contribution is -0.142. The van der Waals surface area contributed by atoms with Gasteiger partial charge in [-0.15, -0.1) is 0 Å². The van der Waals surface area contributed by atoms with Crippen LogP contribution in [0.5, 0.6) is 0 Å². The molecular weight excluding hydrogens is 494 g/mol. The molecule has 0 unspecified atom stereocenters. The van der Waals surface area contributed by atoms with Gasteiger partial charge in [0, 0.05) is 37.1 Å². The minimum Gasteiger partial charge on any atom is -0.466 e. The second-order valence-corrected chi connectivity index (χ2v) is 9.05. The van der Waals surface area contributed by atoms with Gasteiger partial charge in [0.05, 0.1) is 31.6 Å². The van der Waals surface area contributed by atoms with Crippen LogP contribution < -0.4 is 10.9 Å². The number of aromatic nitrogens is 4. The Balaban J connectivity index is 0.000000218. The third kappa shape index (κ3) is 10.0. The first-order valence-corrected chi connectivity index (χ1v) is 12.9. The number of carbonyl (C=O) groups is 2. The topological polar surface area (TPSA) is 108 Å². The SMILES string of the molecule is CCOC(=O)Cc1cccc(Cn2nc(C)ccc2=O)c1.Cc1ccc(C(=O)NCCCn2ccnc2)cc1. The zero-order valence-electron chi connectivity index (χ0n) is 22.7. The van der Waals surface area contributed by atoms with Crippen molar-refractivity contribution in [3.05, 3.63) is 118 Å². The van der Waals surface area contributed by atoms with Crippen LogP contribution in [0.1, 0.15) is 46.1 Å². The molecule has 1 amide bonds. The molecule has 0 fully saturated rings. The summed E-state index contributed by atoms with van der Waals surface area (Å²) in [5.41, 5.74) is 4.31. The number of hydrogen-bond acceptors (Lipinski definition) is 6. The van der Waals surface area contributed by atoms with Gasteiger partial charge in [-0.05, 0) is 56.5 Å². The summed E-state index contributed by atoms with van der Waals surface area (Å²) in [6, 6.07) is 18.3. The molecule has 39 heavy (non-hydrogen) atoms. The second-order valence-electron chi connectivity index (χ2n) is 9.05. The maximum Gasteiger partial charge on any atom is 0.310 e. The number of amides is 1. The van der Waals surface area contributed by atoms with Gasteiger partial charge in [0.2, 0.25) is 0 Å². The highest BCUT2D eigenvalue weighted by Crippen LogP contribution is 2.08. The summed E-state index contributed by atoms with van der Waals surface area (Å²) in [6.07, 6.45) is 6.58. The molecule has 0 saturated heterocycles.